The van der Waals surface area contributed by atoms with E-state index >= 15 is 0 Å². The van der Waals surface area contributed by atoms with Crippen molar-refractivity contribution in [3.8, 4) is 0 Å². The Balaban J connectivity index is 1.36. The monoisotopic (exact) mass is 386 g/mol. The molecular formula is C24H26N4O. The van der Waals surface area contributed by atoms with E-state index in [1.54, 1.807) is 0 Å². The van der Waals surface area contributed by atoms with E-state index in [0.29, 0.717) is 11.5 Å². The van der Waals surface area contributed by atoms with E-state index in [0.717, 1.165) is 48.5 Å². The third kappa shape index (κ3) is 3.83. The first kappa shape index (κ1) is 18.1. The molecule has 0 bridgehead atoms. The van der Waals surface area contributed by atoms with Crippen molar-refractivity contribution in [1.82, 2.24) is 9.88 Å². The zero-order valence-electron chi connectivity index (χ0n) is 16.8. The van der Waals surface area contributed by atoms with Gasteiger partial charge in [-0.15, -0.1) is 0 Å². The molecule has 1 aliphatic heterocycles. The van der Waals surface area contributed by atoms with E-state index in [4.69, 9.17) is 4.98 Å². The van der Waals surface area contributed by atoms with Crippen LogP contribution in [0.3, 0.4) is 0 Å². The smallest absolute Gasteiger partial charge is 0.256 e. The topological polar surface area (TPSA) is 48.5 Å². The van der Waals surface area contributed by atoms with Crippen LogP contribution in [0.5, 0.6) is 0 Å². The lowest BCUT2D eigenvalue weighted by Gasteiger charge is -2.34. The summed E-state index contributed by atoms with van der Waals surface area (Å²) >= 11 is 0. The van der Waals surface area contributed by atoms with Crippen molar-refractivity contribution in [2.45, 2.75) is 18.8 Å². The van der Waals surface area contributed by atoms with Crippen LogP contribution in [0.1, 0.15) is 34.8 Å². The molecule has 1 saturated heterocycles. The van der Waals surface area contributed by atoms with Gasteiger partial charge < -0.3 is 15.1 Å². The number of likely N-dealkylation sites (N-methyl/N-ethyl adjacent to an activating group) is 1. The number of hydrogen-bond donors (Lipinski definition) is 1. The van der Waals surface area contributed by atoms with E-state index in [-0.39, 0.29) is 5.91 Å². The second-order valence-corrected chi connectivity index (χ2v) is 8.18. The fraction of sp³-hybridized carbons (Fsp3) is 0.333. The number of hydrogen-bond acceptors (Lipinski definition) is 4. The highest BCUT2D eigenvalue weighted by atomic mass is 16.1. The molecule has 5 rings (SSSR count). The molecule has 1 aliphatic carbocycles. The highest BCUT2D eigenvalue weighted by Gasteiger charge is 2.27. The van der Waals surface area contributed by atoms with E-state index < -0.39 is 0 Å². The Hall–Kier alpha value is -2.92. The van der Waals surface area contributed by atoms with Crippen LogP contribution in [0.2, 0.25) is 0 Å². The fourth-order valence-corrected chi connectivity index (χ4v) is 3.99. The molecule has 0 atom stereocenters. The number of nitrogens with zero attached hydrogens (tertiary/aromatic N) is 3. The minimum absolute atomic E-state index is 0.0714. The summed E-state index contributed by atoms with van der Waals surface area (Å²) in [6, 6.07) is 18.1. The van der Waals surface area contributed by atoms with Gasteiger partial charge in [-0.1, -0.05) is 18.2 Å². The Labute approximate surface area is 171 Å². The largest absolute Gasteiger partial charge is 0.369 e. The standard InChI is InChI=1S/C24H26N4O/c1-27-12-14-28(15-13-27)19-10-8-18(9-11-19)25-24(29)21-16-23(17-6-7-17)26-22-5-3-2-4-20(21)22/h2-5,8-11,16-17H,6-7,12-15H2,1H3,(H,25,29). The zero-order chi connectivity index (χ0) is 19.8. The van der Waals surface area contributed by atoms with Gasteiger partial charge in [0.25, 0.3) is 5.91 Å². The summed E-state index contributed by atoms with van der Waals surface area (Å²) in [7, 11) is 2.16. The molecule has 1 aromatic heterocycles. The SMILES string of the molecule is CN1CCN(c2ccc(NC(=O)c3cc(C4CC4)nc4ccccc34)cc2)CC1. The Bertz CT molecular complexity index is 1030. The quantitative estimate of drug-likeness (QED) is 0.733. The molecule has 2 heterocycles. The first-order valence-electron chi connectivity index (χ1n) is 10.4. The van der Waals surface area contributed by atoms with Gasteiger partial charge in [0.05, 0.1) is 11.1 Å². The number of fused-ring (bicyclic) bond motifs is 1. The number of carbonyl (C=O) groups excluding carboxylic acids is 1. The first-order valence-corrected chi connectivity index (χ1v) is 10.4. The average molecular weight is 386 g/mol. The van der Waals surface area contributed by atoms with Gasteiger partial charge in [-0.3, -0.25) is 9.78 Å². The predicted molar refractivity (Wildman–Crippen MR) is 118 cm³/mol. The molecule has 0 radical (unpaired) electrons. The van der Waals surface area contributed by atoms with Crippen molar-refractivity contribution in [3.63, 3.8) is 0 Å². The number of rotatable bonds is 4. The van der Waals surface area contributed by atoms with E-state index in [1.165, 1.54) is 18.5 Å². The lowest BCUT2D eigenvalue weighted by atomic mass is 10.1. The van der Waals surface area contributed by atoms with Gasteiger partial charge in [0.15, 0.2) is 0 Å². The molecule has 0 unspecified atom stereocenters. The molecule has 5 heteroatoms. The molecule has 29 heavy (non-hydrogen) atoms. The van der Waals surface area contributed by atoms with Crippen molar-refractivity contribution >= 4 is 28.2 Å². The summed E-state index contributed by atoms with van der Waals surface area (Å²) in [5, 5.41) is 3.99. The molecule has 1 saturated carbocycles. The molecule has 0 spiro atoms. The molecule has 2 aliphatic rings. The highest BCUT2D eigenvalue weighted by Crippen LogP contribution is 2.40. The minimum atomic E-state index is -0.0714. The maximum atomic E-state index is 13.1. The number of benzene rings is 2. The third-order valence-corrected chi connectivity index (χ3v) is 5.97. The Morgan fingerprint density at radius 2 is 1.72 bits per heavy atom. The van der Waals surface area contributed by atoms with Gasteiger partial charge in [-0.05, 0) is 56.3 Å². The summed E-state index contributed by atoms with van der Waals surface area (Å²) in [6.45, 7) is 4.23. The second kappa shape index (κ2) is 7.48. The third-order valence-electron chi connectivity index (χ3n) is 5.97. The first-order chi connectivity index (χ1) is 14.2. The Kier molecular flexibility index (Phi) is 4.68. The van der Waals surface area contributed by atoms with Crippen molar-refractivity contribution in [2.75, 3.05) is 43.4 Å². The van der Waals surface area contributed by atoms with Crippen LogP contribution in [0.25, 0.3) is 10.9 Å². The number of para-hydroxylation sites is 1. The molecule has 2 aromatic carbocycles. The number of carbonyl (C=O) groups is 1. The fourth-order valence-electron chi connectivity index (χ4n) is 3.99. The number of amides is 1. The molecule has 1 N–H and O–H groups in total. The van der Waals surface area contributed by atoms with Gasteiger partial charge in [0, 0.05) is 54.6 Å². The van der Waals surface area contributed by atoms with Crippen LogP contribution < -0.4 is 10.2 Å². The molecule has 2 fully saturated rings. The van der Waals surface area contributed by atoms with E-state index in [9.17, 15) is 4.79 Å². The van der Waals surface area contributed by atoms with Crippen molar-refractivity contribution < 1.29 is 4.79 Å². The van der Waals surface area contributed by atoms with Crippen LogP contribution >= 0.6 is 0 Å². The van der Waals surface area contributed by atoms with E-state index in [2.05, 4.69) is 34.3 Å². The van der Waals surface area contributed by atoms with Crippen LogP contribution in [0.4, 0.5) is 11.4 Å². The maximum absolute atomic E-state index is 13.1. The highest BCUT2D eigenvalue weighted by molar-refractivity contribution is 6.12. The molecule has 5 nitrogen and oxygen atoms in total. The Morgan fingerprint density at radius 1 is 1.00 bits per heavy atom. The number of aromatic nitrogens is 1. The van der Waals surface area contributed by atoms with Gasteiger partial charge >= 0.3 is 0 Å². The number of nitrogens with one attached hydrogen (secondary N) is 1. The second-order valence-electron chi connectivity index (χ2n) is 8.18. The Morgan fingerprint density at radius 3 is 2.45 bits per heavy atom. The number of anilines is 2. The maximum Gasteiger partial charge on any atom is 0.256 e. The predicted octanol–water partition coefficient (Wildman–Crippen LogP) is 4.12. The molecular weight excluding hydrogens is 360 g/mol. The summed E-state index contributed by atoms with van der Waals surface area (Å²) in [4.78, 5) is 22.6. The number of piperazine rings is 1. The minimum Gasteiger partial charge on any atom is -0.369 e. The van der Waals surface area contributed by atoms with Crippen molar-refractivity contribution in [1.29, 1.82) is 0 Å². The van der Waals surface area contributed by atoms with Crippen molar-refractivity contribution in [3.05, 3.63) is 65.9 Å². The number of pyridine rings is 1. The van der Waals surface area contributed by atoms with Crippen LogP contribution in [-0.2, 0) is 0 Å². The van der Waals surface area contributed by atoms with Crippen LogP contribution in [0.15, 0.2) is 54.6 Å². The van der Waals surface area contributed by atoms with Crippen LogP contribution in [-0.4, -0.2) is 49.0 Å². The normalized spacial score (nSPS) is 17.5. The summed E-state index contributed by atoms with van der Waals surface area (Å²) in [6.07, 6.45) is 2.33. The lowest BCUT2D eigenvalue weighted by molar-refractivity contribution is 0.102. The van der Waals surface area contributed by atoms with Gasteiger partial charge in [-0.2, -0.15) is 0 Å². The summed E-state index contributed by atoms with van der Waals surface area (Å²) < 4.78 is 0. The summed E-state index contributed by atoms with van der Waals surface area (Å²) in [5.74, 6) is 0.437. The average Bonchev–Trinajstić information content (AvgIpc) is 3.59. The molecule has 148 valence electrons. The van der Waals surface area contributed by atoms with E-state index in [1.807, 2.05) is 42.5 Å². The summed E-state index contributed by atoms with van der Waals surface area (Å²) in [5.41, 5.74) is 4.68. The van der Waals surface area contributed by atoms with Gasteiger partial charge in [0.1, 0.15) is 0 Å². The van der Waals surface area contributed by atoms with Gasteiger partial charge in [0.2, 0.25) is 0 Å². The lowest BCUT2D eigenvalue weighted by Crippen LogP contribution is -2.44. The molecule has 3 aromatic rings. The van der Waals surface area contributed by atoms with Gasteiger partial charge in [-0.25, -0.2) is 0 Å². The zero-order valence-corrected chi connectivity index (χ0v) is 16.8. The van der Waals surface area contributed by atoms with Crippen molar-refractivity contribution in [2.24, 2.45) is 0 Å². The molecule has 1 amide bonds. The van der Waals surface area contributed by atoms with Crippen LogP contribution in [0, 0.1) is 0 Å².